The van der Waals surface area contributed by atoms with E-state index >= 15 is 0 Å². The van der Waals surface area contributed by atoms with Crippen LogP contribution in [0.4, 0.5) is 4.39 Å². The van der Waals surface area contributed by atoms with E-state index in [2.05, 4.69) is 5.10 Å². The lowest BCUT2D eigenvalue weighted by atomic mass is 10.1. The molecule has 0 spiro atoms. The van der Waals surface area contributed by atoms with E-state index in [-0.39, 0.29) is 31.1 Å². The van der Waals surface area contributed by atoms with Crippen molar-refractivity contribution in [1.29, 1.82) is 0 Å². The molecule has 0 bridgehead atoms. The van der Waals surface area contributed by atoms with Crippen LogP contribution in [0.2, 0.25) is 0 Å². The van der Waals surface area contributed by atoms with E-state index < -0.39 is 12.0 Å². The highest BCUT2D eigenvalue weighted by Crippen LogP contribution is 2.34. The Morgan fingerprint density at radius 2 is 2.12 bits per heavy atom. The molecular weight excluding hydrogens is 313 g/mol. The molecule has 1 amide bonds. The van der Waals surface area contributed by atoms with Crippen molar-refractivity contribution in [3.63, 3.8) is 0 Å². The number of rotatable bonds is 4. The minimum Gasteiger partial charge on any atom is -0.467 e. The van der Waals surface area contributed by atoms with E-state index in [9.17, 15) is 14.0 Å². The van der Waals surface area contributed by atoms with Crippen molar-refractivity contribution in [2.45, 2.75) is 25.4 Å². The van der Waals surface area contributed by atoms with Gasteiger partial charge in [0.25, 0.3) is 0 Å². The van der Waals surface area contributed by atoms with Gasteiger partial charge in [-0.2, -0.15) is 5.10 Å². The van der Waals surface area contributed by atoms with E-state index in [1.54, 1.807) is 36.1 Å². The van der Waals surface area contributed by atoms with Gasteiger partial charge in [0.05, 0.1) is 19.3 Å². The summed E-state index contributed by atoms with van der Waals surface area (Å²) in [6.45, 7) is 0.256. The van der Waals surface area contributed by atoms with Gasteiger partial charge in [-0.05, 0) is 18.1 Å². The second-order valence-corrected chi connectivity index (χ2v) is 5.74. The van der Waals surface area contributed by atoms with E-state index in [1.807, 2.05) is 0 Å². The van der Waals surface area contributed by atoms with Crippen LogP contribution in [0.25, 0.3) is 0 Å². The Kier molecular flexibility index (Phi) is 4.33. The number of carbonyl (C=O) groups excluding carboxylic acids is 2. The molecule has 0 saturated carbocycles. The van der Waals surface area contributed by atoms with Crippen molar-refractivity contribution in [3.05, 3.63) is 53.1 Å². The van der Waals surface area contributed by atoms with Crippen LogP contribution in [0.3, 0.4) is 0 Å². The van der Waals surface area contributed by atoms with Crippen molar-refractivity contribution in [2.24, 2.45) is 7.05 Å². The first kappa shape index (κ1) is 16.2. The molecule has 1 aromatic carbocycles. The van der Waals surface area contributed by atoms with Crippen LogP contribution < -0.4 is 0 Å². The third-order valence-electron chi connectivity index (χ3n) is 4.17. The van der Waals surface area contributed by atoms with Crippen molar-refractivity contribution >= 4 is 11.9 Å². The van der Waals surface area contributed by atoms with Crippen LogP contribution >= 0.6 is 0 Å². The van der Waals surface area contributed by atoms with Crippen LogP contribution in [-0.4, -0.2) is 33.7 Å². The molecule has 0 saturated heterocycles. The highest BCUT2D eigenvalue weighted by molar-refractivity contribution is 5.87. The van der Waals surface area contributed by atoms with Crippen molar-refractivity contribution < 1.29 is 18.7 Å². The molecule has 2 heterocycles. The predicted octanol–water partition coefficient (Wildman–Crippen LogP) is 1.75. The molecule has 7 heteroatoms. The van der Waals surface area contributed by atoms with Gasteiger partial charge < -0.3 is 9.64 Å². The number of amides is 1. The fraction of sp³-hybridized carbons (Fsp3) is 0.353. The predicted molar refractivity (Wildman–Crippen MR) is 83.2 cm³/mol. The molecule has 1 unspecified atom stereocenters. The summed E-state index contributed by atoms with van der Waals surface area (Å²) in [5.74, 6) is -1.06. The van der Waals surface area contributed by atoms with Crippen LogP contribution in [0, 0.1) is 5.82 Å². The Labute approximate surface area is 138 Å². The van der Waals surface area contributed by atoms with Gasteiger partial charge in [-0.25, -0.2) is 9.18 Å². The molecule has 0 aliphatic carbocycles. The average molecular weight is 331 g/mol. The first-order valence-corrected chi connectivity index (χ1v) is 7.64. The van der Waals surface area contributed by atoms with Gasteiger partial charge in [0.1, 0.15) is 5.82 Å². The standard InChI is InChI=1S/C17H18FN3O3/c1-20-9-12-14(19-20)10-21(16(12)17(23)24-2)15(22)8-7-11-5-3-4-6-13(11)18/h3-6,9,16H,7-8,10H2,1-2H3. The summed E-state index contributed by atoms with van der Waals surface area (Å²) in [7, 11) is 3.05. The van der Waals surface area contributed by atoms with Gasteiger partial charge in [0, 0.05) is 25.2 Å². The number of aromatic nitrogens is 2. The van der Waals surface area contributed by atoms with E-state index in [0.717, 1.165) is 0 Å². The molecule has 0 radical (unpaired) electrons. The zero-order valence-electron chi connectivity index (χ0n) is 13.5. The van der Waals surface area contributed by atoms with Gasteiger partial charge >= 0.3 is 5.97 Å². The number of benzene rings is 1. The molecule has 3 rings (SSSR count). The summed E-state index contributed by atoms with van der Waals surface area (Å²) < 4.78 is 20.1. The van der Waals surface area contributed by atoms with Gasteiger partial charge in [-0.15, -0.1) is 0 Å². The minimum absolute atomic E-state index is 0.116. The Balaban J connectivity index is 1.75. The Hall–Kier alpha value is -2.70. The number of halogens is 1. The van der Waals surface area contributed by atoms with Crippen LogP contribution in [0.5, 0.6) is 0 Å². The van der Waals surface area contributed by atoms with E-state index in [4.69, 9.17) is 4.74 Å². The zero-order chi connectivity index (χ0) is 17.3. The monoisotopic (exact) mass is 331 g/mol. The fourth-order valence-electron chi connectivity index (χ4n) is 3.01. The third-order valence-corrected chi connectivity index (χ3v) is 4.17. The van der Waals surface area contributed by atoms with Gasteiger partial charge in [0.2, 0.25) is 5.91 Å². The lowest BCUT2D eigenvalue weighted by Gasteiger charge is -2.23. The first-order chi connectivity index (χ1) is 11.5. The van der Waals surface area contributed by atoms with Crippen LogP contribution in [0.1, 0.15) is 29.3 Å². The maximum absolute atomic E-state index is 13.7. The summed E-state index contributed by atoms with van der Waals surface area (Å²) in [6.07, 6.45) is 2.12. The largest absolute Gasteiger partial charge is 0.467 e. The number of nitrogens with zero attached hydrogens (tertiary/aromatic N) is 3. The lowest BCUT2D eigenvalue weighted by Crippen LogP contribution is -2.35. The normalized spacial score (nSPS) is 16.1. The molecule has 0 fully saturated rings. The highest BCUT2D eigenvalue weighted by Gasteiger charge is 2.41. The first-order valence-electron chi connectivity index (χ1n) is 7.64. The van der Waals surface area contributed by atoms with Crippen LogP contribution in [-0.2, 0) is 34.3 Å². The molecule has 1 atom stereocenters. The molecule has 0 N–H and O–H groups in total. The number of carbonyl (C=O) groups is 2. The topological polar surface area (TPSA) is 64.4 Å². The van der Waals surface area contributed by atoms with Gasteiger partial charge in [0.15, 0.2) is 6.04 Å². The average Bonchev–Trinajstić information content (AvgIpc) is 3.09. The van der Waals surface area contributed by atoms with Crippen molar-refractivity contribution in [2.75, 3.05) is 7.11 Å². The second-order valence-electron chi connectivity index (χ2n) is 5.74. The molecule has 1 aromatic heterocycles. The SMILES string of the molecule is COC(=O)C1c2cn(C)nc2CN1C(=O)CCc1ccccc1F. The summed E-state index contributed by atoms with van der Waals surface area (Å²) in [4.78, 5) is 26.1. The van der Waals surface area contributed by atoms with Gasteiger partial charge in [-0.1, -0.05) is 18.2 Å². The zero-order valence-corrected chi connectivity index (χ0v) is 13.5. The smallest absolute Gasteiger partial charge is 0.333 e. The maximum Gasteiger partial charge on any atom is 0.333 e. The highest BCUT2D eigenvalue weighted by atomic mass is 19.1. The van der Waals surface area contributed by atoms with Crippen molar-refractivity contribution in [3.8, 4) is 0 Å². The maximum atomic E-state index is 13.7. The number of methoxy groups -OCH3 is 1. The quantitative estimate of drug-likeness (QED) is 0.801. The van der Waals surface area contributed by atoms with Gasteiger partial charge in [-0.3, -0.25) is 9.48 Å². The van der Waals surface area contributed by atoms with Crippen LogP contribution in [0.15, 0.2) is 30.5 Å². The minimum atomic E-state index is -0.785. The molecule has 1 aliphatic rings. The molecule has 1 aliphatic heterocycles. The molecule has 2 aromatic rings. The number of esters is 1. The summed E-state index contributed by atoms with van der Waals surface area (Å²) in [5, 5.41) is 4.28. The summed E-state index contributed by atoms with van der Waals surface area (Å²) in [6, 6.07) is 5.58. The number of ether oxygens (including phenoxy) is 1. The number of hydrogen-bond acceptors (Lipinski definition) is 4. The lowest BCUT2D eigenvalue weighted by molar-refractivity contribution is -0.152. The molecule has 24 heavy (non-hydrogen) atoms. The number of aryl methyl sites for hydroxylation is 2. The van der Waals surface area contributed by atoms with Crippen molar-refractivity contribution in [1.82, 2.24) is 14.7 Å². The Morgan fingerprint density at radius 1 is 1.38 bits per heavy atom. The Bertz CT molecular complexity index is 787. The summed E-state index contributed by atoms with van der Waals surface area (Å²) >= 11 is 0. The Morgan fingerprint density at radius 3 is 2.83 bits per heavy atom. The third kappa shape index (κ3) is 2.89. The summed E-state index contributed by atoms with van der Waals surface area (Å²) in [5.41, 5.74) is 1.85. The molecule has 6 nitrogen and oxygen atoms in total. The number of hydrogen-bond donors (Lipinski definition) is 0. The molecule has 126 valence electrons. The second kappa shape index (κ2) is 6.43. The van der Waals surface area contributed by atoms with E-state index in [1.165, 1.54) is 18.1 Å². The fourth-order valence-corrected chi connectivity index (χ4v) is 3.01. The van der Waals surface area contributed by atoms with E-state index in [0.29, 0.717) is 16.8 Å². The number of fused-ring (bicyclic) bond motifs is 1. The molecular formula is C17H18FN3O3.